The number of benzene rings is 1. The predicted octanol–water partition coefficient (Wildman–Crippen LogP) is 3.07. The highest BCUT2D eigenvalue weighted by Crippen LogP contribution is 2.21. The van der Waals surface area contributed by atoms with Crippen molar-refractivity contribution in [1.29, 1.82) is 0 Å². The lowest BCUT2D eigenvalue weighted by Gasteiger charge is -2.08. The topological polar surface area (TPSA) is 40.2 Å². The van der Waals surface area contributed by atoms with E-state index < -0.39 is 0 Å². The van der Waals surface area contributed by atoms with Crippen molar-refractivity contribution in [2.75, 3.05) is 26.6 Å². The molecule has 1 saturated heterocycles. The van der Waals surface area contributed by atoms with Gasteiger partial charge >= 0.3 is 0 Å². The monoisotopic (exact) mass is 298 g/mol. The van der Waals surface area contributed by atoms with Crippen LogP contribution in [-0.2, 0) is 14.2 Å². The first kappa shape index (κ1) is 14.7. The molecule has 1 heterocycles. The Kier molecular flexibility index (Phi) is 4.79. The largest absolute Gasteiger partial charge is 0.483 e. The summed E-state index contributed by atoms with van der Waals surface area (Å²) in [4.78, 5) is 0. The third-order valence-corrected chi connectivity index (χ3v) is 3.23. The fraction of sp³-hybridized carbons (Fsp3) is 0.333. The van der Waals surface area contributed by atoms with Gasteiger partial charge < -0.3 is 18.9 Å². The van der Waals surface area contributed by atoms with Crippen molar-refractivity contribution >= 4 is 5.57 Å². The minimum atomic E-state index is 0.248. The molecular formula is C18H18O4. The van der Waals surface area contributed by atoms with Crippen molar-refractivity contribution in [3.8, 4) is 5.75 Å². The summed E-state index contributed by atoms with van der Waals surface area (Å²) in [5, 5.41) is 0. The van der Waals surface area contributed by atoms with E-state index in [4.69, 9.17) is 18.9 Å². The predicted molar refractivity (Wildman–Crippen MR) is 82.3 cm³/mol. The van der Waals surface area contributed by atoms with Gasteiger partial charge in [-0.05, 0) is 42.5 Å². The Labute approximate surface area is 129 Å². The molecular weight excluding hydrogens is 280 g/mol. The first-order chi connectivity index (χ1) is 10.8. The molecule has 0 N–H and O–H groups in total. The van der Waals surface area contributed by atoms with Crippen LogP contribution in [0, 0.1) is 0 Å². The highest BCUT2D eigenvalue weighted by atomic mass is 16.7. The van der Waals surface area contributed by atoms with Gasteiger partial charge in [0, 0.05) is 12.2 Å². The van der Waals surface area contributed by atoms with E-state index in [1.807, 2.05) is 43.3 Å². The Balaban J connectivity index is 1.63. The summed E-state index contributed by atoms with van der Waals surface area (Å²) < 4.78 is 21.2. The molecule has 2 aliphatic rings. The molecule has 0 spiro atoms. The van der Waals surface area contributed by atoms with E-state index in [-0.39, 0.29) is 12.9 Å². The molecule has 1 aromatic carbocycles. The zero-order chi connectivity index (χ0) is 15.2. The molecule has 1 unspecified atom stereocenters. The Morgan fingerprint density at radius 3 is 2.59 bits per heavy atom. The second-order valence-electron chi connectivity index (χ2n) is 4.91. The van der Waals surface area contributed by atoms with Crippen LogP contribution in [0.1, 0.15) is 12.5 Å². The molecule has 1 fully saturated rings. The van der Waals surface area contributed by atoms with Gasteiger partial charge in [-0.15, -0.1) is 0 Å². The average molecular weight is 298 g/mol. The number of allylic oxidation sites excluding steroid dienone is 3. The third kappa shape index (κ3) is 4.14. The van der Waals surface area contributed by atoms with Gasteiger partial charge in [-0.3, -0.25) is 0 Å². The van der Waals surface area contributed by atoms with E-state index in [0.29, 0.717) is 19.0 Å². The standard InChI is InChI=1S/C18H18O4/c1-2-19-13-22-17-9-5-15(6-10-17)14-3-7-16(8-4-14)20-11-18-12-21-18/h3,5-7,9-10,18H,2,11-13H2,1H3. The zero-order valence-corrected chi connectivity index (χ0v) is 12.5. The highest BCUT2D eigenvalue weighted by Gasteiger charge is 2.23. The smallest absolute Gasteiger partial charge is 0.189 e. The molecule has 0 aromatic heterocycles. The Morgan fingerprint density at radius 2 is 1.95 bits per heavy atom. The fourth-order valence-electron chi connectivity index (χ4n) is 1.89. The van der Waals surface area contributed by atoms with E-state index in [1.165, 1.54) is 0 Å². The van der Waals surface area contributed by atoms with Crippen molar-refractivity contribution in [2.24, 2.45) is 0 Å². The molecule has 0 amide bonds. The van der Waals surface area contributed by atoms with Gasteiger partial charge in [0.2, 0.25) is 0 Å². The van der Waals surface area contributed by atoms with Gasteiger partial charge in [0.15, 0.2) is 12.6 Å². The molecule has 0 saturated carbocycles. The highest BCUT2D eigenvalue weighted by molar-refractivity contribution is 5.75. The average Bonchev–Trinajstić information content (AvgIpc) is 3.39. The maximum atomic E-state index is 5.55. The minimum Gasteiger partial charge on any atom is -0.483 e. The van der Waals surface area contributed by atoms with Gasteiger partial charge in [-0.2, -0.15) is 0 Å². The van der Waals surface area contributed by atoms with Crippen LogP contribution in [0.2, 0.25) is 0 Å². The van der Waals surface area contributed by atoms with Crippen LogP contribution in [0.3, 0.4) is 0 Å². The van der Waals surface area contributed by atoms with E-state index in [0.717, 1.165) is 23.5 Å². The van der Waals surface area contributed by atoms with Gasteiger partial charge in [0.1, 0.15) is 18.5 Å². The molecule has 1 aliphatic heterocycles. The number of rotatable bonds is 8. The number of epoxide rings is 1. The molecule has 3 rings (SSSR count). The van der Waals surface area contributed by atoms with Gasteiger partial charge in [-0.1, -0.05) is 17.9 Å². The lowest BCUT2D eigenvalue weighted by molar-refractivity contribution is 0.0224. The first-order valence-electron chi connectivity index (χ1n) is 7.34. The second-order valence-corrected chi connectivity index (χ2v) is 4.91. The Hall–Kier alpha value is -2.22. The van der Waals surface area contributed by atoms with Crippen LogP contribution in [0.4, 0.5) is 0 Å². The van der Waals surface area contributed by atoms with Crippen LogP contribution >= 0.6 is 0 Å². The van der Waals surface area contributed by atoms with Gasteiger partial charge in [0.25, 0.3) is 0 Å². The van der Waals surface area contributed by atoms with Crippen LogP contribution in [0.25, 0.3) is 5.57 Å². The van der Waals surface area contributed by atoms with E-state index in [2.05, 4.69) is 11.5 Å². The summed E-state index contributed by atoms with van der Waals surface area (Å²) in [6.07, 6.45) is 4.11. The van der Waals surface area contributed by atoms with Crippen molar-refractivity contribution in [1.82, 2.24) is 0 Å². The summed E-state index contributed by atoms with van der Waals surface area (Å²) in [7, 11) is 0. The molecule has 22 heavy (non-hydrogen) atoms. The number of hydrogen-bond donors (Lipinski definition) is 0. The van der Waals surface area contributed by atoms with Crippen molar-refractivity contribution < 1.29 is 18.9 Å². The van der Waals surface area contributed by atoms with Crippen LogP contribution in [0.15, 0.2) is 53.6 Å². The summed E-state index contributed by atoms with van der Waals surface area (Å²) >= 11 is 0. The number of hydrogen-bond acceptors (Lipinski definition) is 4. The summed E-state index contributed by atoms with van der Waals surface area (Å²) in [6, 6.07) is 7.80. The first-order valence-corrected chi connectivity index (χ1v) is 7.34. The van der Waals surface area contributed by atoms with Crippen molar-refractivity contribution in [2.45, 2.75) is 13.0 Å². The zero-order valence-electron chi connectivity index (χ0n) is 12.5. The van der Waals surface area contributed by atoms with Crippen LogP contribution < -0.4 is 4.74 Å². The maximum Gasteiger partial charge on any atom is 0.189 e. The molecule has 0 radical (unpaired) electrons. The number of ether oxygens (including phenoxy) is 4. The van der Waals surface area contributed by atoms with Crippen LogP contribution in [-0.4, -0.2) is 32.7 Å². The Morgan fingerprint density at radius 1 is 1.14 bits per heavy atom. The minimum absolute atomic E-state index is 0.248. The molecule has 1 aromatic rings. The lowest BCUT2D eigenvalue weighted by atomic mass is 10.0. The van der Waals surface area contributed by atoms with Crippen molar-refractivity contribution in [3.05, 3.63) is 59.2 Å². The molecule has 1 aliphatic carbocycles. The van der Waals surface area contributed by atoms with E-state index in [9.17, 15) is 0 Å². The van der Waals surface area contributed by atoms with Gasteiger partial charge in [-0.25, -0.2) is 0 Å². The normalized spacial score (nSPS) is 18.7. The molecule has 4 heteroatoms. The summed E-state index contributed by atoms with van der Waals surface area (Å²) in [5.41, 5.74) is 8.15. The molecule has 1 atom stereocenters. The quantitative estimate of drug-likeness (QED) is 0.320. The SMILES string of the molecule is CCOCOc1ccc(C2=C=C=C(OCC3CO3)C=C2)cc1. The van der Waals surface area contributed by atoms with Crippen LogP contribution in [0.5, 0.6) is 5.75 Å². The lowest BCUT2D eigenvalue weighted by Crippen LogP contribution is -2.01. The fourth-order valence-corrected chi connectivity index (χ4v) is 1.89. The second kappa shape index (κ2) is 7.17. The molecule has 4 nitrogen and oxygen atoms in total. The maximum absolute atomic E-state index is 5.55. The van der Waals surface area contributed by atoms with Gasteiger partial charge in [0.05, 0.1) is 6.61 Å². The van der Waals surface area contributed by atoms with E-state index in [1.54, 1.807) is 0 Å². The van der Waals surface area contributed by atoms with Crippen molar-refractivity contribution in [3.63, 3.8) is 0 Å². The van der Waals surface area contributed by atoms with E-state index >= 15 is 0 Å². The molecule has 114 valence electrons. The molecule has 0 bridgehead atoms. The Bertz CT molecular complexity index is 640. The summed E-state index contributed by atoms with van der Waals surface area (Å²) in [6.45, 7) is 4.22. The third-order valence-electron chi connectivity index (χ3n) is 3.23. The summed E-state index contributed by atoms with van der Waals surface area (Å²) in [5.74, 6) is 1.47.